The van der Waals surface area contributed by atoms with Crippen LogP contribution in [0.4, 0.5) is 15.9 Å². The number of hydrogen-bond donors (Lipinski definition) is 1. The van der Waals surface area contributed by atoms with E-state index in [4.69, 9.17) is 16.3 Å². The van der Waals surface area contributed by atoms with Crippen LogP contribution < -0.4 is 10.1 Å². The normalized spacial score (nSPS) is 13.8. The van der Waals surface area contributed by atoms with Crippen LogP contribution in [0.1, 0.15) is 31.7 Å². The molecule has 34 heavy (non-hydrogen) atoms. The van der Waals surface area contributed by atoms with Crippen LogP contribution in [-0.4, -0.2) is 46.9 Å². The quantitative estimate of drug-likeness (QED) is 0.231. The fourth-order valence-electron chi connectivity index (χ4n) is 4.24. The molecule has 2 aromatic heterocycles. The highest BCUT2D eigenvalue weighted by atomic mass is 79.9. The zero-order chi connectivity index (χ0) is 23.8. The van der Waals surface area contributed by atoms with Gasteiger partial charge < -0.3 is 19.5 Å². The Kier molecular flexibility index (Phi) is 6.64. The summed E-state index contributed by atoms with van der Waals surface area (Å²) in [5.74, 6) is 0.947. The van der Waals surface area contributed by atoms with E-state index in [1.54, 1.807) is 12.1 Å². The Balaban J connectivity index is 1.55. The second-order valence-electron chi connectivity index (χ2n) is 8.97. The van der Waals surface area contributed by atoms with E-state index >= 15 is 0 Å². The molecule has 6 nitrogen and oxygen atoms in total. The summed E-state index contributed by atoms with van der Waals surface area (Å²) >= 11 is 9.71. The monoisotopic (exact) mass is 545 g/mol. The molecule has 1 N–H and O–H groups in total. The van der Waals surface area contributed by atoms with Gasteiger partial charge in [-0.15, -0.1) is 5.10 Å². The Morgan fingerprint density at radius 1 is 1.21 bits per heavy atom. The minimum absolute atomic E-state index is 0.0550. The Morgan fingerprint density at radius 3 is 2.76 bits per heavy atom. The van der Waals surface area contributed by atoms with E-state index < -0.39 is 5.82 Å². The van der Waals surface area contributed by atoms with Crippen molar-refractivity contribution in [3.8, 4) is 5.75 Å². The lowest BCUT2D eigenvalue weighted by atomic mass is 10.1. The number of halogens is 3. The van der Waals surface area contributed by atoms with Crippen LogP contribution in [0.25, 0.3) is 21.8 Å². The van der Waals surface area contributed by atoms with E-state index in [2.05, 4.69) is 67.1 Å². The lowest BCUT2D eigenvalue weighted by Crippen LogP contribution is -2.13. The molecule has 0 spiro atoms. The summed E-state index contributed by atoms with van der Waals surface area (Å²) in [6, 6.07) is 9.18. The van der Waals surface area contributed by atoms with Gasteiger partial charge in [-0.3, -0.25) is 0 Å². The van der Waals surface area contributed by atoms with Crippen molar-refractivity contribution in [2.45, 2.75) is 31.7 Å². The van der Waals surface area contributed by atoms with Crippen molar-refractivity contribution < 1.29 is 9.13 Å². The standard InChI is InChI=1S/C25H26BrClFN5O/c1-32(2)9-3-4-10-34-23-12-17-21(13-18(23)26)33(16-6-7-16)22-14-29-31-25(24(17)22)30-15-5-8-20(28)19(27)11-15/h5,8,11-14,16H,3-4,6-7,9-10H2,1-2H3,(H,30,31). The molecule has 2 aromatic carbocycles. The molecule has 0 amide bonds. The summed E-state index contributed by atoms with van der Waals surface area (Å²) in [4.78, 5) is 2.18. The molecule has 1 saturated carbocycles. The fourth-order valence-corrected chi connectivity index (χ4v) is 4.87. The number of aromatic nitrogens is 3. The maximum Gasteiger partial charge on any atom is 0.163 e. The molecule has 1 aliphatic rings. The lowest BCUT2D eigenvalue weighted by Gasteiger charge is -2.12. The SMILES string of the molecule is CN(C)CCCCOc1cc2c3c(Nc4ccc(F)c(Cl)c4)nncc3n(C3CC3)c2cc1Br. The van der Waals surface area contributed by atoms with E-state index in [1.807, 2.05) is 6.20 Å². The highest BCUT2D eigenvalue weighted by Crippen LogP contribution is 2.46. The Bertz CT molecular complexity index is 1350. The number of rotatable bonds is 9. The van der Waals surface area contributed by atoms with Gasteiger partial charge in [-0.1, -0.05) is 11.6 Å². The molecular formula is C25H26BrClFN5O. The molecule has 0 radical (unpaired) electrons. The van der Waals surface area contributed by atoms with Crippen molar-refractivity contribution in [3.63, 3.8) is 0 Å². The van der Waals surface area contributed by atoms with Gasteiger partial charge in [0.1, 0.15) is 11.6 Å². The molecule has 1 aliphatic carbocycles. The van der Waals surface area contributed by atoms with Crippen LogP contribution >= 0.6 is 27.5 Å². The number of hydrogen-bond acceptors (Lipinski definition) is 5. The summed E-state index contributed by atoms with van der Waals surface area (Å²) in [5.41, 5.74) is 2.77. The minimum atomic E-state index is -0.459. The third kappa shape index (κ3) is 4.72. The topological polar surface area (TPSA) is 55.2 Å². The molecule has 4 aromatic rings. The van der Waals surface area contributed by atoms with Crippen LogP contribution in [-0.2, 0) is 0 Å². The van der Waals surface area contributed by atoms with Gasteiger partial charge in [0.05, 0.1) is 38.7 Å². The predicted molar refractivity (Wildman–Crippen MR) is 139 cm³/mol. The number of ether oxygens (including phenoxy) is 1. The zero-order valence-electron chi connectivity index (χ0n) is 19.1. The summed E-state index contributed by atoms with van der Waals surface area (Å²) in [5, 5.41) is 14.0. The molecule has 2 heterocycles. The molecule has 0 bridgehead atoms. The van der Waals surface area contributed by atoms with E-state index in [-0.39, 0.29) is 5.02 Å². The van der Waals surface area contributed by atoms with E-state index in [0.717, 1.165) is 64.3 Å². The van der Waals surface area contributed by atoms with Crippen molar-refractivity contribution >= 4 is 60.8 Å². The fraction of sp³-hybridized carbons (Fsp3) is 0.360. The second-order valence-corrected chi connectivity index (χ2v) is 10.2. The number of fused-ring (bicyclic) bond motifs is 3. The molecular weight excluding hydrogens is 521 g/mol. The molecule has 9 heteroatoms. The number of nitrogens with one attached hydrogen (secondary N) is 1. The average Bonchev–Trinajstić information content (AvgIpc) is 3.58. The lowest BCUT2D eigenvalue weighted by molar-refractivity contribution is 0.292. The number of unbranched alkanes of at least 4 members (excludes halogenated alkanes) is 1. The van der Waals surface area contributed by atoms with Gasteiger partial charge in [0.15, 0.2) is 5.82 Å². The van der Waals surface area contributed by atoms with E-state index in [1.165, 1.54) is 6.07 Å². The first-order chi connectivity index (χ1) is 16.4. The molecule has 0 unspecified atom stereocenters. The first-order valence-corrected chi connectivity index (χ1v) is 12.6. The summed E-state index contributed by atoms with van der Waals surface area (Å²) in [6.45, 7) is 1.69. The van der Waals surface area contributed by atoms with Crippen LogP contribution in [0.5, 0.6) is 5.75 Å². The third-order valence-corrected chi connectivity index (χ3v) is 6.93. The number of benzene rings is 2. The van der Waals surface area contributed by atoms with Crippen molar-refractivity contribution in [2.75, 3.05) is 32.6 Å². The third-order valence-electron chi connectivity index (χ3n) is 6.02. The zero-order valence-corrected chi connectivity index (χ0v) is 21.5. The highest BCUT2D eigenvalue weighted by molar-refractivity contribution is 9.10. The Labute approximate surface area is 211 Å². The summed E-state index contributed by atoms with van der Waals surface area (Å²) in [6.07, 6.45) is 6.15. The van der Waals surface area contributed by atoms with Crippen LogP contribution in [0, 0.1) is 5.82 Å². The van der Waals surface area contributed by atoms with E-state index in [0.29, 0.717) is 24.2 Å². The molecule has 178 valence electrons. The van der Waals surface area contributed by atoms with Gasteiger partial charge in [0.25, 0.3) is 0 Å². The van der Waals surface area contributed by atoms with Gasteiger partial charge in [-0.05, 0) is 92.6 Å². The Hall–Kier alpha value is -2.42. The highest BCUT2D eigenvalue weighted by Gasteiger charge is 2.29. The molecule has 5 rings (SSSR count). The van der Waals surface area contributed by atoms with Crippen LogP contribution in [0.2, 0.25) is 5.02 Å². The molecule has 0 aliphatic heterocycles. The number of nitrogens with zero attached hydrogens (tertiary/aromatic N) is 4. The minimum Gasteiger partial charge on any atom is -0.492 e. The summed E-state index contributed by atoms with van der Waals surface area (Å²) < 4.78 is 23.1. The molecule has 1 fully saturated rings. The average molecular weight is 547 g/mol. The first-order valence-electron chi connectivity index (χ1n) is 11.4. The smallest absolute Gasteiger partial charge is 0.163 e. The summed E-state index contributed by atoms with van der Waals surface area (Å²) in [7, 11) is 4.16. The van der Waals surface area contributed by atoms with Gasteiger partial charge in [0.2, 0.25) is 0 Å². The predicted octanol–water partition coefficient (Wildman–Crippen LogP) is 6.94. The van der Waals surface area contributed by atoms with Crippen LogP contribution in [0.15, 0.2) is 41.0 Å². The first kappa shape index (κ1) is 23.3. The van der Waals surface area contributed by atoms with Crippen molar-refractivity contribution in [1.82, 2.24) is 19.7 Å². The van der Waals surface area contributed by atoms with E-state index in [9.17, 15) is 4.39 Å². The van der Waals surface area contributed by atoms with Crippen molar-refractivity contribution in [3.05, 3.63) is 51.8 Å². The Morgan fingerprint density at radius 2 is 2.03 bits per heavy atom. The van der Waals surface area contributed by atoms with Gasteiger partial charge in [-0.2, -0.15) is 5.10 Å². The second kappa shape index (κ2) is 9.68. The maximum absolute atomic E-state index is 13.7. The van der Waals surface area contributed by atoms with Crippen molar-refractivity contribution in [2.24, 2.45) is 0 Å². The van der Waals surface area contributed by atoms with Gasteiger partial charge >= 0.3 is 0 Å². The maximum atomic E-state index is 13.7. The molecule has 0 saturated heterocycles. The largest absolute Gasteiger partial charge is 0.492 e. The van der Waals surface area contributed by atoms with Gasteiger partial charge in [0, 0.05) is 17.1 Å². The van der Waals surface area contributed by atoms with Crippen LogP contribution in [0.3, 0.4) is 0 Å². The van der Waals surface area contributed by atoms with Crippen molar-refractivity contribution in [1.29, 1.82) is 0 Å². The number of anilines is 2. The van der Waals surface area contributed by atoms with Gasteiger partial charge in [-0.25, -0.2) is 4.39 Å². The molecule has 0 atom stereocenters.